The molecule has 0 amide bonds. The van der Waals surface area contributed by atoms with Gasteiger partial charge in [0.25, 0.3) is 0 Å². The number of benzene rings is 1. The van der Waals surface area contributed by atoms with Gasteiger partial charge < -0.3 is 14.7 Å². The Labute approximate surface area is 139 Å². The van der Waals surface area contributed by atoms with Crippen molar-refractivity contribution in [3.63, 3.8) is 0 Å². The van der Waals surface area contributed by atoms with E-state index in [1.807, 2.05) is 17.5 Å². The van der Waals surface area contributed by atoms with E-state index in [0.29, 0.717) is 29.2 Å². The lowest BCUT2D eigenvalue weighted by Crippen LogP contribution is -3.10. The first-order chi connectivity index (χ1) is 11.1. The summed E-state index contributed by atoms with van der Waals surface area (Å²) in [5.41, 5.74) is 1.10. The molecule has 1 aromatic carbocycles. The Morgan fingerprint density at radius 1 is 1.26 bits per heavy atom. The van der Waals surface area contributed by atoms with Gasteiger partial charge in [-0.1, -0.05) is 17.9 Å². The van der Waals surface area contributed by atoms with E-state index >= 15 is 0 Å². The number of ether oxygens (including phenoxy) is 1. The highest BCUT2D eigenvalue weighted by Gasteiger charge is 2.30. The molecule has 5 heteroatoms. The summed E-state index contributed by atoms with van der Waals surface area (Å²) in [7, 11) is 0. The number of carbonyl (C=O) groups excluding carboxylic acids is 1. The van der Waals surface area contributed by atoms with Crippen LogP contribution in [0.5, 0.6) is 11.5 Å². The molecule has 3 rings (SSSR count). The minimum atomic E-state index is -0.149. The molecule has 4 nitrogen and oxygen atoms in total. The smallest absolute Gasteiger partial charge is 0.232 e. The Bertz CT molecular complexity index is 746. The average molecular weight is 329 g/mol. The highest BCUT2D eigenvalue weighted by molar-refractivity contribution is 7.10. The first-order valence-corrected chi connectivity index (χ1v) is 8.66. The van der Waals surface area contributed by atoms with Crippen LogP contribution in [0.25, 0.3) is 6.08 Å². The topological polar surface area (TPSA) is 53.8 Å². The van der Waals surface area contributed by atoms with Crippen LogP contribution in [0.2, 0.25) is 0 Å². The van der Waals surface area contributed by atoms with E-state index in [0.717, 1.165) is 18.0 Å². The molecule has 2 aromatic rings. The van der Waals surface area contributed by atoms with E-state index in [2.05, 4.69) is 13.8 Å². The quantitative estimate of drug-likeness (QED) is 0.852. The van der Waals surface area contributed by atoms with E-state index in [9.17, 15) is 9.90 Å². The number of nitrogens with one attached hydrogen (secondary N) is 1. The lowest BCUT2D eigenvalue weighted by molar-refractivity contribution is -0.910. The van der Waals surface area contributed by atoms with Gasteiger partial charge >= 0.3 is 0 Å². The van der Waals surface area contributed by atoms with E-state index < -0.39 is 0 Å². The van der Waals surface area contributed by atoms with Crippen molar-refractivity contribution in [1.29, 1.82) is 0 Å². The third-order valence-electron chi connectivity index (χ3n) is 4.14. The van der Waals surface area contributed by atoms with Crippen molar-refractivity contribution in [2.45, 2.75) is 20.4 Å². The van der Waals surface area contributed by atoms with Crippen molar-refractivity contribution in [2.75, 3.05) is 13.1 Å². The van der Waals surface area contributed by atoms with E-state index in [-0.39, 0.29) is 11.5 Å². The van der Waals surface area contributed by atoms with Gasteiger partial charge in [0.1, 0.15) is 12.3 Å². The second-order valence-electron chi connectivity index (χ2n) is 5.51. The van der Waals surface area contributed by atoms with Crippen molar-refractivity contribution in [1.82, 2.24) is 0 Å². The molecule has 120 valence electrons. The highest BCUT2D eigenvalue weighted by Crippen LogP contribution is 2.38. The van der Waals surface area contributed by atoms with Crippen LogP contribution in [0.3, 0.4) is 0 Å². The summed E-state index contributed by atoms with van der Waals surface area (Å²) < 4.78 is 5.80. The average Bonchev–Trinajstić information content (AvgIpc) is 3.16. The molecule has 23 heavy (non-hydrogen) atoms. The van der Waals surface area contributed by atoms with E-state index in [4.69, 9.17) is 4.74 Å². The van der Waals surface area contributed by atoms with Gasteiger partial charge in [0.2, 0.25) is 5.78 Å². The van der Waals surface area contributed by atoms with Gasteiger partial charge in [-0.3, -0.25) is 4.79 Å². The predicted molar refractivity (Wildman–Crippen MR) is 88.9 cm³/mol. The summed E-state index contributed by atoms with van der Waals surface area (Å²) in [5.74, 6) is 0.533. The van der Waals surface area contributed by atoms with Crippen molar-refractivity contribution in [3.05, 3.63) is 51.4 Å². The Morgan fingerprint density at radius 3 is 2.70 bits per heavy atom. The molecule has 1 aliphatic rings. The van der Waals surface area contributed by atoms with Crippen molar-refractivity contribution in [3.8, 4) is 11.5 Å². The molecule has 0 fully saturated rings. The van der Waals surface area contributed by atoms with Crippen LogP contribution < -0.4 is 14.7 Å². The minimum Gasteiger partial charge on any atom is -0.872 e. The molecule has 1 aromatic heterocycles. The monoisotopic (exact) mass is 329 g/mol. The molecule has 0 aliphatic carbocycles. The number of thiophene rings is 1. The zero-order valence-electron chi connectivity index (χ0n) is 13.2. The summed E-state index contributed by atoms with van der Waals surface area (Å²) in [6.45, 7) is 6.59. The maximum Gasteiger partial charge on any atom is 0.232 e. The molecule has 0 saturated heterocycles. The van der Waals surface area contributed by atoms with Gasteiger partial charge in [0.15, 0.2) is 5.76 Å². The lowest BCUT2D eigenvalue weighted by Gasteiger charge is -2.21. The lowest BCUT2D eigenvalue weighted by atomic mass is 10.0. The molecular weight excluding hydrogens is 310 g/mol. The number of carbonyl (C=O) groups is 1. The normalized spacial score (nSPS) is 15.3. The molecule has 0 unspecified atom stereocenters. The van der Waals surface area contributed by atoms with Crippen LogP contribution in [0.4, 0.5) is 0 Å². The maximum absolute atomic E-state index is 12.5. The number of fused-ring (bicyclic) bond motifs is 1. The predicted octanol–water partition coefficient (Wildman–Crippen LogP) is 1.86. The summed E-state index contributed by atoms with van der Waals surface area (Å²) in [4.78, 5) is 14.8. The number of allylic oxidation sites excluding steroid dienone is 1. The molecule has 0 spiro atoms. The molecule has 0 radical (unpaired) electrons. The van der Waals surface area contributed by atoms with Crippen LogP contribution in [-0.2, 0) is 6.54 Å². The number of hydrogen-bond acceptors (Lipinski definition) is 4. The first kappa shape index (κ1) is 15.8. The molecule has 0 bridgehead atoms. The molecule has 0 saturated carbocycles. The maximum atomic E-state index is 12.5. The summed E-state index contributed by atoms with van der Waals surface area (Å²) in [5, 5.41) is 14.2. The minimum absolute atomic E-state index is 0.0617. The molecule has 1 N–H and O–H groups in total. The zero-order chi connectivity index (χ0) is 16.4. The van der Waals surface area contributed by atoms with Crippen LogP contribution in [0, 0.1) is 0 Å². The van der Waals surface area contributed by atoms with Crippen molar-refractivity contribution < 1.29 is 19.5 Å². The number of hydrogen-bond donors (Lipinski definition) is 1. The fourth-order valence-electron chi connectivity index (χ4n) is 2.71. The highest BCUT2D eigenvalue weighted by atomic mass is 32.1. The van der Waals surface area contributed by atoms with Crippen LogP contribution >= 0.6 is 11.3 Å². The van der Waals surface area contributed by atoms with Gasteiger partial charge in [-0.15, -0.1) is 11.3 Å². The number of Topliss-reactive ketones (excluding diaryl/α,β-unsaturated/α-hetero) is 1. The summed E-state index contributed by atoms with van der Waals surface area (Å²) in [6.07, 6.45) is 1.74. The Balaban J connectivity index is 1.98. The Morgan fingerprint density at radius 2 is 2.04 bits per heavy atom. The fraction of sp³-hybridized carbons (Fsp3) is 0.278. The van der Waals surface area contributed by atoms with Gasteiger partial charge in [0.05, 0.1) is 18.7 Å². The van der Waals surface area contributed by atoms with Gasteiger partial charge in [-0.05, 0) is 31.4 Å². The van der Waals surface area contributed by atoms with Gasteiger partial charge in [0, 0.05) is 16.5 Å². The number of rotatable bonds is 5. The summed E-state index contributed by atoms with van der Waals surface area (Å²) in [6, 6.07) is 6.91. The molecular formula is C18H19NO3S. The zero-order valence-corrected chi connectivity index (χ0v) is 14.0. The van der Waals surface area contributed by atoms with Gasteiger partial charge in [-0.2, -0.15) is 0 Å². The largest absolute Gasteiger partial charge is 0.872 e. The third-order valence-corrected chi connectivity index (χ3v) is 4.96. The Hall–Kier alpha value is -2.11. The molecule has 0 atom stereocenters. The first-order valence-electron chi connectivity index (χ1n) is 7.78. The molecule has 2 heterocycles. The van der Waals surface area contributed by atoms with Crippen LogP contribution in [0.1, 0.15) is 34.6 Å². The number of quaternary nitrogens is 1. The van der Waals surface area contributed by atoms with Crippen molar-refractivity contribution >= 4 is 23.2 Å². The third kappa shape index (κ3) is 3.02. The van der Waals surface area contributed by atoms with E-state index in [1.165, 1.54) is 11.0 Å². The van der Waals surface area contributed by atoms with Crippen LogP contribution in [0.15, 0.2) is 35.4 Å². The Kier molecular flexibility index (Phi) is 4.50. The SMILES string of the molecule is CC[NH+](CC)Cc1c([O-])ccc2c1O/C(=C\c1cccs1)C2=O. The standard InChI is InChI=1S/C18H19NO3S/c1-3-19(4-2)11-14-15(20)8-7-13-17(21)16(22-18(13)14)10-12-6-5-9-23-12/h5-10,20H,3-4,11H2,1-2H3/b16-10-. The van der Waals surface area contributed by atoms with E-state index in [1.54, 1.807) is 23.5 Å². The van der Waals surface area contributed by atoms with Crippen molar-refractivity contribution in [2.24, 2.45) is 0 Å². The van der Waals surface area contributed by atoms with Crippen LogP contribution in [-0.4, -0.2) is 18.9 Å². The molecule has 1 aliphatic heterocycles. The summed E-state index contributed by atoms with van der Waals surface area (Å²) >= 11 is 1.54. The second kappa shape index (κ2) is 6.56. The van der Waals surface area contributed by atoms with Gasteiger partial charge in [-0.25, -0.2) is 0 Å². The second-order valence-corrected chi connectivity index (χ2v) is 6.49. The fourth-order valence-corrected chi connectivity index (χ4v) is 3.36. The number of ketones is 1.